The van der Waals surface area contributed by atoms with Crippen molar-refractivity contribution in [3.63, 3.8) is 0 Å². The number of aliphatic hydroxyl groups excluding tert-OH is 2. The number of aromatic nitrogens is 4. The van der Waals surface area contributed by atoms with Gasteiger partial charge in [-0.3, -0.25) is 32.5 Å². The van der Waals surface area contributed by atoms with E-state index in [0.29, 0.717) is 18.6 Å². The third-order valence-corrected chi connectivity index (χ3v) is 12.5. The number of anilines is 1. The van der Waals surface area contributed by atoms with Gasteiger partial charge in [-0.15, -0.1) is 0 Å². The third kappa shape index (κ3) is 16.9. The zero-order chi connectivity index (χ0) is 44.0. The van der Waals surface area contributed by atoms with Crippen molar-refractivity contribution in [1.82, 2.24) is 30.2 Å². The second-order valence-electron chi connectivity index (χ2n) is 13.8. The predicted molar refractivity (Wildman–Crippen MR) is 210 cm³/mol. The summed E-state index contributed by atoms with van der Waals surface area (Å²) in [5.74, 6) is -1.07. The van der Waals surface area contributed by atoms with Crippen molar-refractivity contribution in [2.24, 2.45) is 5.41 Å². The predicted octanol–water partition coefficient (Wildman–Crippen LogP) is 1.58. The summed E-state index contributed by atoms with van der Waals surface area (Å²) >= 11 is 1.11. The van der Waals surface area contributed by atoms with Crippen molar-refractivity contribution in [2.75, 3.05) is 37.8 Å². The largest absolute Gasteiger partial charge is 0.481 e. The van der Waals surface area contributed by atoms with Crippen LogP contribution in [-0.2, 0) is 50.7 Å². The lowest BCUT2D eigenvalue weighted by atomic mass is 9.87. The van der Waals surface area contributed by atoms with E-state index in [0.717, 1.165) is 48.2 Å². The smallest absolute Gasteiger partial charge is 0.386 e. The van der Waals surface area contributed by atoms with Crippen LogP contribution in [0.1, 0.15) is 71.9 Å². The van der Waals surface area contributed by atoms with Gasteiger partial charge in [-0.1, -0.05) is 57.5 Å². The Bertz CT molecular complexity index is 1900. The van der Waals surface area contributed by atoms with Gasteiger partial charge < -0.3 is 50.9 Å². The molecule has 59 heavy (non-hydrogen) atoms. The molecule has 7 atom stereocenters. The first-order valence-electron chi connectivity index (χ1n) is 18.3. The Morgan fingerprint density at radius 2 is 1.71 bits per heavy atom. The molecule has 0 bridgehead atoms. The number of nitrogens with two attached hydrogens (primary N) is 1. The van der Waals surface area contributed by atoms with Crippen LogP contribution in [0.4, 0.5) is 5.82 Å². The Morgan fingerprint density at radius 1 is 1.02 bits per heavy atom. The average Bonchev–Trinajstić information content (AvgIpc) is 3.71. The number of aliphatic hydroxyl groups is 2. The first-order chi connectivity index (χ1) is 27.6. The van der Waals surface area contributed by atoms with Gasteiger partial charge in [-0.25, -0.2) is 28.6 Å². The number of hydrogen-bond acceptors (Lipinski definition) is 18. The number of carbonyl (C=O) groups is 3. The number of unbranched alkanes of at least 4 members (excludes halogenated alkanes) is 3. The molecule has 2 aromatic rings. The van der Waals surface area contributed by atoms with Crippen LogP contribution in [0, 0.1) is 5.41 Å². The molecule has 28 heteroatoms. The lowest BCUT2D eigenvalue weighted by molar-refractivity contribution is -0.137. The molecule has 10 N–H and O–H groups in total. The minimum Gasteiger partial charge on any atom is -0.386 e. The number of imidazole rings is 1. The molecule has 0 saturated carbocycles. The van der Waals surface area contributed by atoms with Crippen molar-refractivity contribution in [1.29, 1.82) is 0 Å². The standard InChI is InChI=1S/C31H52N7O17P3S/c1-4-5-6-7-8-9-10-11-22(40)59-15-14-33-21(39)12-13-34-29(43)26(42)31(2,3)17-52-58(49,50)55-57(47,48)51-16-20-25(54-56(44,45)46)24(41)30(53-20)38-19-37-23-27(32)35-18-36-28(23)38/h8-9,18-20,24-26,30,41-42H,4-7,10-17H2,1-3H3,(H,33,39)(H,34,43)(H,47,48)(H,49,50)(H2,32,35,36)(H2,44,45,46). The maximum atomic E-state index is 12.7. The number of thioether (sulfide) groups is 1. The number of carbonyl (C=O) groups excluding carboxylic acids is 3. The van der Waals surface area contributed by atoms with Crippen LogP contribution < -0.4 is 16.4 Å². The highest BCUT2D eigenvalue weighted by atomic mass is 32.2. The summed E-state index contributed by atoms with van der Waals surface area (Å²) in [6.45, 7) is 2.66. The number of nitrogens with zero attached hydrogens (tertiary/aromatic N) is 4. The molecule has 1 fully saturated rings. The first-order valence-corrected chi connectivity index (χ1v) is 23.8. The average molecular weight is 920 g/mol. The van der Waals surface area contributed by atoms with Crippen LogP contribution in [0.25, 0.3) is 11.2 Å². The van der Waals surface area contributed by atoms with E-state index in [1.165, 1.54) is 20.3 Å². The Hall–Kier alpha value is -2.70. The van der Waals surface area contributed by atoms with Gasteiger partial charge in [-0.2, -0.15) is 4.31 Å². The van der Waals surface area contributed by atoms with Crippen molar-refractivity contribution in [3.8, 4) is 0 Å². The molecule has 3 rings (SSSR count). The lowest BCUT2D eigenvalue weighted by Gasteiger charge is -2.30. The van der Waals surface area contributed by atoms with Gasteiger partial charge in [0.1, 0.15) is 36.3 Å². The van der Waals surface area contributed by atoms with Gasteiger partial charge >= 0.3 is 23.5 Å². The van der Waals surface area contributed by atoms with Crippen LogP contribution in [0.3, 0.4) is 0 Å². The number of nitrogen functional groups attached to an aromatic ring is 1. The van der Waals surface area contributed by atoms with Gasteiger partial charge in [0.05, 0.1) is 19.5 Å². The lowest BCUT2D eigenvalue weighted by Crippen LogP contribution is -2.46. The molecule has 0 aromatic carbocycles. The second kappa shape index (κ2) is 22.9. The molecule has 3 heterocycles. The highest BCUT2D eigenvalue weighted by Gasteiger charge is 2.50. The van der Waals surface area contributed by atoms with E-state index < -0.39 is 84.6 Å². The number of fused-ring (bicyclic) bond motifs is 1. The maximum absolute atomic E-state index is 12.7. The van der Waals surface area contributed by atoms with Crippen LogP contribution >= 0.6 is 35.2 Å². The number of rotatable bonds is 26. The highest BCUT2D eigenvalue weighted by Crippen LogP contribution is 2.61. The number of amides is 2. The molecular formula is C31H52N7O17P3S. The van der Waals surface area contributed by atoms with E-state index in [9.17, 15) is 57.9 Å². The summed E-state index contributed by atoms with van der Waals surface area (Å²) in [4.78, 5) is 87.8. The quantitative estimate of drug-likeness (QED) is 0.0367. The van der Waals surface area contributed by atoms with E-state index in [4.69, 9.17) is 19.5 Å². The van der Waals surface area contributed by atoms with Crippen LogP contribution in [0.15, 0.2) is 24.8 Å². The number of hydrogen-bond donors (Lipinski definition) is 9. The number of nitrogens with one attached hydrogen (secondary N) is 2. The zero-order valence-corrected chi connectivity index (χ0v) is 36.0. The fourth-order valence-corrected chi connectivity index (χ4v) is 8.84. The molecule has 0 spiro atoms. The van der Waals surface area contributed by atoms with Crippen LogP contribution in [0.2, 0.25) is 0 Å². The Kier molecular flexibility index (Phi) is 19.7. The van der Waals surface area contributed by atoms with Gasteiger partial charge in [0.15, 0.2) is 22.8 Å². The molecule has 1 aliphatic heterocycles. The fourth-order valence-electron chi connectivity index (χ4n) is 5.32. The van der Waals surface area contributed by atoms with E-state index in [2.05, 4.69) is 47.4 Å². The summed E-state index contributed by atoms with van der Waals surface area (Å²) in [5.41, 5.74) is 4.27. The molecule has 1 saturated heterocycles. The molecule has 2 amide bonds. The summed E-state index contributed by atoms with van der Waals surface area (Å²) in [5, 5.41) is 26.5. The Labute approximate surface area is 343 Å². The fraction of sp³-hybridized carbons (Fsp3) is 0.677. The van der Waals surface area contributed by atoms with E-state index in [-0.39, 0.29) is 41.6 Å². The monoisotopic (exact) mass is 919 g/mol. The summed E-state index contributed by atoms with van der Waals surface area (Å²) in [7, 11) is -16.4. The zero-order valence-electron chi connectivity index (χ0n) is 32.5. The molecule has 24 nitrogen and oxygen atoms in total. The molecule has 0 radical (unpaired) electrons. The third-order valence-electron chi connectivity index (χ3n) is 8.42. The number of ether oxygens (including phenoxy) is 1. The number of phosphoric ester groups is 3. The highest BCUT2D eigenvalue weighted by molar-refractivity contribution is 8.13. The van der Waals surface area contributed by atoms with E-state index in [1.807, 2.05) is 6.08 Å². The first kappa shape index (κ1) is 50.7. The molecule has 334 valence electrons. The van der Waals surface area contributed by atoms with Crippen molar-refractivity contribution in [2.45, 2.75) is 96.4 Å². The van der Waals surface area contributed by atoms with E-state index in [1.54, 1.807) is 0 Å². The van der Waals surface area contributed by atoms with Crippen molar-refractivity contribution < 1.29 is 80.5 Å². The molecule has 7 unspecified atom stereocenters. The van der Waals surface area contributed by atoms with E-state index >= 15 is 0 Å². The summed E-state index contributed by atoms with van der Waals surface area (Å²) < 4.78 is 62.2. The topological polar surface area (TPSA) is 364 Å². The van der Waals surface area contributed by atoms with Crippen molar-refractivity contribution in [3.05, 3.63) is 24.8 Å². The van der Waals surface area contributed by atoms with Crippen LogP contribution in [0.5, 0.6) is 0 Å². The molecular weight excluding hydrogens is 867 g/mol. The molecule has 1 aliphatic rings. The van der Waals surface area contributed by atoms with Gasteiger partial charge in [0, 0.05) is 37.1 Å². The normalized spacial score (nSPS) is 21.3. The Morgan fingerprint density at radius 3 is 2.41 bits per heavy atom. The molecule has 0 aliphatic carbocycles. The minimum absolute atomic E-state index is 0.00869. The van der Waals surface area contributed by atoms with Gasteiger partial charge in [-0.05, 0) is 19.3 Å². The molecule has 2 aromatic heterocycles. The maximum Gasteiger partial charge on any atom is 0.481 e. The minimum atomic E-state index is -5.57. The van der Waals surface area contributed by atoms with Crippen molar-refractivity contribution >= 4 is 69.1 Å². The van der Waals surface area contributed by atoms with Crippen LogP contribution in [-0.4, -0.2) is 123 Å². The SMILES string of the molecule is CCCCCC=CCCC(=O)SCCNC(=O)CCNC(=O)C(O)C(C)(C)COP(=O)(O)OP(=O)(O)OCC1OC(n2cnc3c(N)ncnc32)C(O)C1OP(=O)(O)O. The number of phosphoric acid groups is 3. The Balaban J connectivity index is 1.43. The number of allylic oxidation sites excluding steroid dienone is 2. The van der Waals surface area contributed by atoms with Gasteiger partial charge in [0.2, 0.25) is 11.8 Å². The van der Waals surface area contributed by atoms with Gasteiger partial charge in [0.25, 0.3) is 0 Å². The summed E-state index contributed by atoms with van der Waals surface area (Å²) in [6, 6.07) is 0. The second-order valence-corrected chi connectivity index (χ2v) is 19.2. The summed E-state index contributed by atoms with van der Waals surface area (Å²) in [6.07, 6.45) is 2.66.